The van der Waals surface area contributed by atoms with Crippen molar-refractivity contribution in [2.75, 3.05) is 10.6 Å². The molecule has 3 N–H and O–H groups in total. The zero-order valence-electron chi connectivity index (χ0n) is 10.7. The van der Waals surface area contributed by atoms with Crippen LogP contribution in [0.25, 0.3) is 0 Å². The second-order valence-electron chi connectivity index (χ2n) is 4.21. The molecule has 0 aliphatic rings. The molecule has 19 heavy (non-hydrogen) atoms. The minimum atomic E-state index is -0.734. The van der Waals surface area contributed by atoms with Crippen LogP contribution in [-0.4, -0.2) is 22.0 Å². The average Bonchev–Trinajstić information content (AvgIpc) is 2.86. The van der Waals surface area contributed by atoms with E-state index in [1.54, 1.807) is 0 Å². The predicted octanol–water partition coefficient (Wildman–Crippen LogP) is 1.60. The second-order valence-corrected chi connectivity index (χ2v) is 4.21. The number of H-pyrrole nitrogens is 1. The van der Waals surface area contributed by atoms with Gasteiger partial charge in [-0.25, -0.2) is 0 Å². The van der Waals surface area contributed by atoms with E-state index in [9.17, 15) is 9.59 Å². The fourth-order valence-electron chi connectivity index (χ4n) is 1.56. The van der Waals surface area contributed by atoms with Crippen molar-refractivity contribution in [2.24, 2.45) is 0 Å². The Morgan fingerprint density at radius 3 is 2.58 bits per heavy atom. The van der Waals surface area contributed by atoms with Crippen molar-refractivity contribution >= 4 is 23.2 Å². The fourth-order valence-corrected chi connectivity index (χ4v) is 1.56. The molecule has 2 amide bonds. The van der Waals surface area contributed by atoms with Crippen molar-refractivity contribution in [1.29, 1.82) is 0 Å². The van der Waals surface area contributed by atoms with Crippen molar-refractivity contribution < 1.29 is 9.59 Å². The summed E-state index contributed by atoms with van der Waals surface area (Å²) in [4.78, 5) is 23.4. The van der Waals surface area contributed by atoms with Crippen LogP contribution in [0, 0.1) is 13.8 Å². The molecule has 2 rings (SSSR count). The molecule has 2 aromatic rings. The molecule has 0 unspecified atom stereocenters. The van der Waals surface area contributed by atoms with E-state index in [0.717, 1.165) is 11.1 Å². The summed E-state index contributed by atoms with van der Waals surface area (Å²) in [6, 6.07) is 5.65. The first-order valence-electron chi connectivity index (χ1n) is 5.74. The predicted molar refractivity (Wildman–Crippen MR) is 71.8 cm³/mol. The lowest BCUT2D eigenvalue weighted by molar-refractivity contribution is -0.133. The summed E-state index contributed by atoms with van der Waals surface area (Å²) < 4.78 is 0. The van der Waals surface area contributed by atoms with E-state index in [2.05, 4.69) is 20.8 Å². The number of aryl methyl sites for hydroxylation is 2. The molecular weight excluding hydrogens is 244 g/mol. The molecule has 0 radical (unpaired) electrons. The minimum absolute atomic E-state index is 0.445. The Bertz CT molecular complexity index is 605. The van der Waals surface area contributed by atoms with Crippen LogP contribution in [0.15, 0.2) is 30.6 Å². The van der Waals surface area contributed by atoms with Gasteiger partial charge in [-0.15, -0.1) is 0 Å². The number of rotatable bonds is 2. The first-order valence-corrected chi connectivity index (χ1v) is 5.74. The van der Waals surface area contributed by atoms with Crippen LogP contribution < -0.4 is 10.6 Å². The number of aromatic amines is 1. The number of benzene rings is 1. The molecular formula is C13H14N4O2. The summed E-state index contributed by atoms with van der Waals surface area (Å²) in [5.74, 6) is -1.45. The maximum Gasteiger partial charge on any atom is 0.314 e. The van der Waals surface area contributed by atoms with Crippen molar-refractivity contribution in [3.63, 3.8) is 0 Å². The van der Waals surface area contributed by atoms with Gasteiger partial charge in [0.15, 0.2) is 0 Å². The summed E-state index contributed by atoms with van der Waals surface area (Å²) >= 11 is 0. The summed E-state index contributed by atoms with van der Waals surface area (Å²) in [5.41, 5.74) is 2.99. The lowest BCUT2D eigenvalue weighted by atomic mass is 10.1. The smallest absolute Gasteiger partial charge is 0.314 e. The van der Waals surface area contributed by atoms with Crippen molar-refractivity contribution in [3.8, 4) is 0 Å². The molecule has 0 spiro atoms. The maximum absolute atomic E-state index is 11.7. The van der Waals surface area contributed by atoms with Gasteiger partial charge in [0.25, 0.3) is 0 Å². The molecule has 1 heterocycles. The van der Waals surface area contributed by atoms with Crippen molar-refractivity contribution in [1.82, 2.24) is 10.2 Å². The highest BCUT2D eigenvalue weighted by atomic mass is 16.2. The summed E-state index contributed by atoms with van der Waals surface area (Å²) in [6.45, 7) is 3.78. The Labute approximate surface area is 110 Å². The SMILES string of the molecule is Cc1ccc(C)c(NC(=O)C(=O)Nc2cn[nH]c2)c1. The van der Waals surface area contributed by atoms with Gasteiger partial charge in [-0.3, -0.25) is 14.7 Å². The fraction of sp³-hybridized carbons (Fsp3) is 0.154. The lowest BCUT2D eigenvalue weighted by Gasteiger charge is -2.08. The largest absolute Gasteiger partial charge is 0.318 e. The van der Waals surface area contributed by atoms with E-state index in [1.165, 1.54) is 12.4 Å². The molecule has 6 heteroatoms. The normalized spacial score (nSPS) is 10.0. The summed E-state index contributed by atoms with van der Waals surface area (Å²) in [5, 5.41) is 11.2. The van der Waals surface area contributed by atoms with Gasteiger partial charge in [-0.1, -0.05) is 12.1 Å². The van der Waals surface area contributed by atoms with Crippen molar-refractivity contribution in [2.45, 2.75) is 13.8 Å². The Morgan fingerprint density at radius 1 is 1.16 bits per heavy atom. The van der Waals surface area contributed by atoms with Crippen LogP contribution in [0.2, 0.25) is 0 Å². The van der Waals surface area contributed by atoms with Gasteiger partial charge < -0.3 is 10.6 Å². The number of amides is 2. The van der Waals surface area contributed by atoms with Gasteiger partial charge in [-0.2, -0.15) is 5.10 Å². The van der Waals surface area contributed by atoms with Gasteiger partial charge in [-0.05, 0) is 31.0 Å². The Balaban J connectivity index is 2.04. The third-order valence-electron chi connectivity index (χ3n) is 2.60. The van der Waals surface area contributed by atoms with Crippen LogP contribution in [0.4, 0.5) is 11.4 Å². The van der Waals surface area contributed by atoms with Crippen LogP contribution in [0.1, 0.15) is 11.1 Å². The number of hydrogen-bond acceptors (Lipinski definition) is 3. The average molecular weight is 258 g/mol. The highest BCUT2D eigenvalue weighted by molar-refractivity contribution is 6.43. The van der Waals surface area contributed by atoms with E-state index in [1.807, 2.05) is 32.0 Å². The van der Waals surface area contributed by atoms with Crippen LogP contribution in [0.5, 0.6) is 0 Å². The van der Waals surface area contributed by atoms with Gasteiger partial charge in [0.2, 0.25) is 0 Å². The van der Waals surface area contributed by atoms with E-state index >= 15 is 0 Å². The first kappa shape index (κ1) is 12.8. The first-order chi connectivity index (χ1) is 9.06. The van der Waals surface area contributed by atoms with Crippen molar-refractivity contribution in [3.05, 3.63) is 41.7 Å². The third kappa shape index (κ3) is 3.19. The lowest BCUT2D eigenvalue weighted by Crippen LogP contribution is -2.29. The molecule has 0 saturated heterocycles. The zero-order valence-corrected chi connectivity index (χ0v) is 10.7. The molecule has 0 atom stereocenters. The highest BCUT2D eigenvalue weighted by Gasteiger charge is 2.15. The standard InChI is InChI=1S/C13H14N4O2/c1-8-3-4-9(2)11(5-8)17-13(19)12(18)16-10-6-14-15-7-10/h3-7H,1-2H3,(H,14,15)(H,16,18)(H,17,19). The molecule has 0 fully saturated rings. The molecule has 98 valence electrons. The molecule has 0 aliphatic carbocycles. The van der Waals surface area contributed by atoms with Gasteiger partial charge >= 0.3 is 11.8 Å². The summed E-state index contributed by atoms with van der Waals surface area (Å²) in [7, 11) is 0. The number of nitrogens with zero attached hydrogens (tertiary/aromatic N) is 1. The van der Waals surface area contributed by atoms with E-state index in [4.69, 9.17) is 0 Å². The van der Waals surface area contributed by atoms with Gasteiger partial charge in [0, 0.05) is 11.9 Å². The Morgan fingerprint density at radius 2 is 1.89 bits per heavy atom. The topological polar surface area (TPSA) is 86.9 Å². The molecule has 1 aromatic heterocycles. The maximum atomic E-state index is 11.7. The summed E-state index contributed by atoms with van der Waals surface area (Å²) in [6.07, 6.45) is 2.91. The molecule has 1 aromatic carbocycles. The van der Waals surface area contributed by atoms with Crippen LogP contribution in [0.3, 0.4) is 0 Å². The Kier molecular flexibility index (Phi) is 3.61. The number of anilines is 2. The van der Waals surface area contributed by atoms with Crippen LogP contribution >= 0.6 is 0 Å². The highest BCUT2D eigenvalue weighted by Crippen LogP contribution is 2.16. The van der Waals surface area contributed by atoms with E-state index in [-0.39, 0.29) is 0 Å². The molecule has 6 nitrogen and oxygen atoms in total. The number of aromatic nitrogens is 2. The molecule has 0 saturated carbocycles. The second kappa shape index (κ2) is 5.34. The quantitative estimate of drug-likeness (QED) is 0.715. The van der Waals surface area contributed by atoms with E-state index in [0.29, 0.717) is 11.4 Å². The van der Waals surface area contributed by atoms with E-state index < -0.39 is 11.8 Å². The molecule has 0 bridgehead atoms. The van der Waals surface area contributed by atoms with Gasteiger partial charge in [0.05, 0.1) is 11.9 Å². The van der Waals surface area contributed by atoms with Gasteiger partial charge in [0.1, 0.15) is 0 Å². The Hall–Kier alpha value is -2.63. The third-order valence-corrected chi connectivity index (χ3v) is 2.60. The number of nitrogens with one attached hydrogen (secondary N) is 3. The number of hydrogen-bond donors (Lipinski definition) is 3. The number of carbonyl (C=O) groups excluding carboxylic acids is 2. The molecule has 0 aliphatic heterocycles. The zero-order chi connectivity index (χ0) is 13.8. The number of carbonyl (C=O) groups is 2. The monoisotopic (exact) mass is 258 g/mol. The minimum Gasteiger partial charge on any atom is -0.318 e. The van der Waals surface area contributed by atoms with Crippen LogP contribution in [-0.2, 0) is 9.59 Å².